The Balaban J connectivity index is 2.00. The van der Waals surface area contributed by atoms with Crippen LogP contribution in [0.15, 0.2) is 42.5 Å². The summed E-state index contributed by atoms with van der Waals surface area (Å²) in [6, 6.07) is 11.0. The van der Waals surface area contributed by atoms with E-state index >= 15 is 0 Å². The van der Waals surface area contributed by atoms with E-state index in [9.17, 15) is 14.0 Å². The maximum Gasteiger partial charge on any atom is 0.350 e. The van der Waals surface area contributed by atoms with Crippen LogP contribution in [0.3, 0.4) is 0 Å². The third kappa shape index (κ3) is 5.29. The molecule has 0 saturated carbocycles. The molecular weight excluding hydrogens is 349 g/mol. The number of hydrogen-bond donors (Lipinski definition) is 1. The van der Waals surface area contributed by atoms with Crippen molar-refractivity contribution in [3.05, 3.63) is 59.4 Å². The van der Waals surface area contributed by atoms with Gasteiger partial charge in [0.15, 0.2) is 11.7 Å². The standard InChI is InChI=1S/C21H24FNO4/c1-13-7-6-8-14(2)18(13)23-19(24)15(3)26-20(25)21(4,5)27-17-11-9-16(22)10-12-17/h6-12,15H,1-5H3,(H,23,24)/t15-/m1/s1. The van der Waals surface area contributed by atoms with Crippen LogP contribution >= 0.6 is 0 Å². The first kappa shape index (κ1) is 20.4. The Morgan fingerprint density at radius 1 is 1.04 bits per heavy atom. The fourth-order valence-corrected chi connectivity index (χ4v) is 2.43. The molecule has 0 fully saturated rings. The molecule has 1 atom stereocenters. The minimum atomic E-state index is -1.34. The number of carbonyl (C=O) groups excluding carboxylic acids is 2. The zero-order valence-corrected chi connectivity index (χ0v) is 16.1. The average Bonchev–Trinajstić information content (AvgIpc) is 2.59. The molecule has 0 aromatic heterocycles. The Bertz CT molecular complexity index is 810. The van der Waals surface area contributed by atoms with Crippen molar-refractivity contribution >= 4 is 17.6 Å². The van der Waals surface area contributed by atoms with Gasteiger partial charge in [0.2, 0.25) is 0 Å². The summed E-state index contributed by atoms with van der Waals surface area (Å²) in [6.07, 6.45) is -1.01. The molecule has 6 heteroatoms. The number of benzene rings is 2. The Hall–Kier alpha value is -2.89. The highest BCUT2D eigenvalue weighted by molar-refractivity contribution is 5.96. The van der Waals surface area contributed by atoms with Crippen LogP contribution in [0, 0.1) is 19.7 Å². The number of ether oxygens (including phenoxy) is 2. The second-order valence-electron chi connectivity index (χ2n) is 6.87. The van der Waals surface area contributed by atoms with Gasteiger partial charge in [-0.1, -0.05) is 18.2 Å². The van der Waals surface area contributed by atoms with Crippen LogP contribution in [0.25, 0.3) is 0 Å². The van der Waals surface area contributed by atoms with E-state index in [4.69, 9.17) is 9.47 Å². The number of para-hydroxylation sites is 1. The number of esters is 1. The van der Waals surface area contributed by atoms with Gasteiger partial charge in [-0.2, -0.15) is 0 Å². The molecule has 0 aliphatic rings. The van der Waals surface area contributed by atoms with Crippen LogP contribution in [0.4, 0.5) is 10.1 Å². The van der Waals surface area contributed by atoms with Crippen LogP contribution in [-0.4, -0.2) is 23.6 Å². The summed E-state index contributed by atoms with van der Waals surface area (Å²) in [5, 5.41) is 2.79. The SMILES string of the molecule is Cc1cccc(C)c1NC(=O)[C@@H](C)OC(=O)C(C)(C)Oc1ccc(F)cc1. The fraction of sp³-hybridized carbons (Fsp3) is 0.333. The Morgan fingerprint density at radius 3 is 2.15 bits per heavy atom. The summed E-state index contributed by atoms with van der Waals surface area (Å²) in [5.74, 6) is -1.21. The summed E-state index contributed by atoms with van der Waals surface area (Å²) in [5.41, 5.74) is 1.20. The highest BCUT2D eigenvalue weighted by Gasteiger charge is 2.34. The van der Waals surface area contributed by atoms with Gasteiger partial charge >= 0.3 is 5.97 Å². The minimum Gasteiger partial charge on any atom is -0.476 e. The van der Waals surface area contributed by atoms with Gasteiger partial charge in [0.1, 0.15) is 11.6 Å². The maximum atomic E-state index is 13.0. The molecule has 2 aromatic carbocycles. The van der Waals surface area contributed by atoms with Crippen molar-refractivity contribution in [2.75, 3.05) is 5.32 Å². The van der Waals surface area contributed by atoms with E-state index in [1.807, 2.05) is 32.0 Å². The largest absolute Gasteiger partial charge is 0.476 e. The van der Waals surface area contributed by atoms with Crippen LogP contribution in [0.2, 0.25) is 0 Å². The lowest BCUT2D eigenvalue weighted by Gasteiger charge is -2.26. The van der Waals surface area contributed by atoms with Crippen molar-refractivity contribution in [1.82, 2.24) is 0 Å². The predicted octanol–water partition coefficient (Wildman–Crippen LogP) is 4.17. The van der Waals surface area contributed by atoms with Crippen molar-refractivity contribution in [2.45, 2.75) is 46.3 Å². The van der Waals surface area contributed by atoms with E-state index < -0.39 is 29.4 Å². The van der Waals surface area contributed by atoms with E-state index in [1.54, 1.807) is 0 Å². The topological polar surface area (TPSA) is 64.6 Å². The van der Waals surface area contributed by atoms with Gasteiger partial charge in [-0.25, -0.2) is 9.18 Å². The normalized spacial score (nSPS) is 12.2. The number of halogens is 1. The van der Waals surface area contributed by atoms with E-state index in [2.05, 4.69) is 5.32 Å². The van der Waals surface area contributed by atoms with Crippen molar-refractivity contribution in [2.24, 2.45) is 0 Å². The first-order valence-electron chi connectivity index (χ1n) is 8.63. The van der Waals surface area contributed by atoms with Gasteiger partial charge in [-0.3, -0.25) is 4.79 Å². The molecule has 0 saturated heterocycles. The molecule has 0 unspecified atom stereocenters. The third-order valence-electron chi connectivity index (χ3n) is 4.06. The molecule has 0 spiro atoms. The van der Waals surface area contributed by atoms with Crippen molar-refractivity contribution in [3.63, 3.8) is 0 Å². The number of anilines is 1. The van der Waals surface area contributed by atoms with Crippen molar-refractivity contribution in [1.29, 1.82) is 0 Å². The summed E-state index contributed by atoms with van der Waals surface area (Å²) in [6.45, 7) is 8.32. The van der Waals surface area contributed by atoms with Gasteiger partial charge < -0.3 is 14.8 Å². The molecule has 5 nitrogen and oxygen atoms in total. The average molecular weight is 373 g/mol. The zero-order valence-electron chi connectivity index (χ0n) is 16.1. The quantitative estimate of drug-likeness (QED) is 0.772. The Kier molecular flexibility index (Phi) is 6.20. The Labute approximate surface area is 158 Å². The van der Waals surface area contributed by atoms with Gasteiger partial charge in [0, 0.05) is 5.69 Å². The lowest BCUT2D eigenvalue weighted by atomic mass is 10.1. The Morgan fingerprint density at radius 2 is 1.59 bits per heavy atom. The van der Waals surface area contributed by atoms with Crippen LogP contribution < -0.4 is 10.1 Å². The number of carbonyl (C=O) groups is 2. The van der Waals surface area contributed by atoms with Gasteiger partial charge in [-0.05, 0) is 70.0 Å². The molecule has 27 heavy (non-hydrogen) atoms. The molecule has 0 aliphatic heterocycles. The fourth-order valence-electron chi connectivity index (χ4n) is 2.43. The first-order valence-corrected chi connectivity index (χ1v) is 8.63. The number of hydrogen-bond acceptors (Lipinski definition) is 4. The maximum absolute atomic E-state index is 13.0. The summed E-state index contributed by atoms with van der Waals surface area (Å²) < 4.78 is 23.8. The number of rotatable bonds is 6. The smallest absolute Gasteiger partial charge is 0.350 e. The molecule has 1 N–H and O–H groups in total. The second kappa shape index (κ2) is 8.20. The summed E-state index contributed by atoms with van der Waals surface area (Å²) in [7, 11) is 0. The number of amides is 1. The van der Waals surface area contributed by atoms with Crippen LogP contribution in [-0.2, 0) is 14.3 Å². The molecule has 2 rings (SSSR count). The van der Waals surface area contributed by atoms with Gasteiger partial charge in [0.25, 0.3) is 5.91 Å². The highest BCUT2D eigenvalue weighted by atomic mass is 19.1. The highest BCUT2D eigenvalue weighted by Crippen LogP contribution is 2.22. The molecule has 0 heterocycles. The second-order valence-corrected chi connectivity index (χ2v) is 6.87. The summed E-state index contributed by atoms with van der Waals surface area (Å²) >= 11 is 0. The zero-order chi connectivity index (χ0) is 20.2. The molecule has 2 aromatic rings. The van der Waals surface area contributed by atoms with Crippen molar-refractivity contribution < 1.29 is 23.5 Å². The van der Waals surface area contributed by atoms with Gasteiger partial charge in [0.05, 0.1) is 0 Å². The monoisotopic (exact) mass is 373 g/mol. The summed E-state index contributed by atoms with van der Waals surface area (Å²) in [4.78, 5) is 24.8. The molecule has 0 aliphatic carbocycles. The van der Waals surface area contributed by atoms with Crippen LogP contribution in [0.1, 0.15) is 31.9 Å². The lowest BCUT2D eigenvalue weighted by molar-refractivity contribution is -0.166. The first-order chi connectivity index (χ1) is 12.6. The lowest BCUT2D eigenvalue weighted by Crippen LogP contribution is -2.43. The van der Waals surface area contributed by atoms with Crippen LogP contribution in [0.5, 0.6) is 5.75 Å². The molecule has 0 radical (unpaired) electrons. The number of aryl methyl sites for hydroxylation is 2. The van der Waals surface area contributed by atoms with E-state index in [1.165, 1.54) is 45.0 Å². The van der Waals surface area contributed by atoms with E-state index in [-0.39, 0.29) is 0 Å². The molecule has 0 bridgehead atoms. The molecule has 1 amide bonds. The van der Waals surface area contributed by atoms with Gasteiger partial charge in [-0.15, -0.1) is 0 Å². The van der Waals surface area contributed by atoms with Crippen molar-refractivity contribution in [3.8, 4) is 5.75 Å². The van der Waals surface area contributed by atoms with E-state index in [0.29, 0.717) is 11.4 Å². The number of nitrogens with one attached hydrogen (secondary N) is 1. The van der Waals surface area contributed by atoms with E-state index in [0.717, 1.165) is 11.1 Å². The molecule has 144 valence electrons. The third-order valence-corrected chi connectivity index (χ3v) is 4.06. The minimum absolute atomic E-state index is 0.325. The molecular formula is C21H24FNO4. The predicted molar refractivity (Wildman–Crippen MR) is 101 cm³/mol.